The molecule has 0 amide bonds. The lowest BCUT2D eigenvalue weighted by Gasteiger charge is -2.19. The molecule has 0 radical (unpaired) electrons. The van der Waals surface area contributed by atoms with Gasteiger partial charge in [-0.15, -0.1) is 0 Å². The van der Waals surface area contributed by atoms with Crippen molar-refractivity contribution in [3.8, 4) is 11.5 Å². The molecule has 0 aliphatic carbocycles. The molecule has 0 saturated heterocycles. The first kappa shape index (κ1) is 21.0. The molecule has 2 aromatic carbocycles. The third-order valence-corrected chi connectivity index (χ3v) is 4.54. The van der Waals surface area contributed by atoms with Crippen molar-refractivity contribution in [3.63, 3.8) is 0 Å². The van der Waals surface area contributed by atoms with Crippen LogP contribution in [0.5, 0.6) is 11.5 Å². The van der Waals surface area contributed by atoms with Crippen LogP contribution in [0, 0.1) is 0 Å². The van der Waals surface area contributed by atoms with Gasteiger partial charge >= 0.3 is 5.97 Å². The molecular formula is C24H32O3. The van der Waals surface area contributed by atoms with Crippen LogP contribution < -0.4 is 9.47 Å². The molecule has 2 rings (SSSR count). The molecule has 3 heteroatoms. The fraction of sp³-hybridized carbons (Fsp3) is 0.458. The maximum absolute atomic E-state index is 12.3. The van der Waals surface area contributed by atoms with Gasteiger partial charge in [0, 0.05) is 0 Å². The largest absolute Gasteiger partial charge is 0.494 e. The number of carbonyl (C=O) groups is 1. The van der Waals surface area contributed by atoms with Gasteiger partial charge in [-0.25, -0.2) is 4.79 Å². The van der Waals surface area contributed by atoms with Gasteiger partial charge in [-0.1, -0.05) is 65.5 Å². The molecule has 0 atom stereocenters. The molecule has 0 unspecified atom stereocenters. The Hall–Kier alpha value is -2.29. The van der Waals surface area contributed by atoms with Gasteiger partial charge in [0.1, 0.15) is 11.5 Å². The second kappa shape index (κ2) is 10.1. The lowest BCUT2D eigenvalue weighted by Crippen LogP contribution is -2.11. The second-order valence-corrected chi connectivity index (χ2v) is 7.95. The molecule has 3 nitrogen and oxygen atoms in total. The van der Waals surface area contributed by atoms with Gasteiger partial charge < -0.3 is 9.47 Å². The van der Waals surface area contributed by atoms with Crippen molar-refractivity contribution in [2.45, 2.75) is 65.2 Å². The maximum Gasteiger partial charge on any atom is 0.343 e. The van der Waals surface area contributed by atoms with Gasteiger partial charge in [0.25, 0.3) is 0 Å². The predicted molar refractivity (Wildman–Crippen MR) is 111 cm³/mol. The van der Waals surface area contributed by atoms with E-state index >= 15 is 0 Å². The smallest absolute Gasteiger partial charge is 0.343 e. The fourth-order valence-corrected chi connectivity index (χ4v) is 2.77. The highest BCUT2D eigenvalue weighted by atomic mass is 16.5. The lowest BCUT2D eigenvalue weighted by molar-refractivity contribution is 0.0734. The van der Waals surface area contributed by atoms with Gasteiger partial charge in [0.2, 0.25) is 0 Å². The minimum Gasteiger partial charge on any atom is -0.494 e. The zero-order valence-corrected chi connectivity index (χ0v) is 17.1. The molecule has 0 aliphatic rings. The van der Waals surface area contributed by atoms with Crippen LogP contribution in [0.2, 0.25) is 0 Å². The normalized spacial score (nSPS) is 11.3. The van der Waals surface area contributed by atoms with E-state index in [0.29, 0.717) is 17.9 Å². The fourth-order valence-electron chi connectivity index (χ4n) is 2.77. The molecule has 0 fully saturated rings. The third kappa shape index (κ3) is 7.09. The summed E-state index contributed by atoms with van der Waals surface area (Å²) in [5.41, 5.74) is 1.80. The standard InChI is InChI=1S/C24H32O3/c1-5-6-7-8-9-18-26-21-14-10-19(11-15-21)23(25)27-22-16-12-20(13-17-22)24(2,3)4/h10-17H,5-9,18H2,1-4H3. The van der Waals surface area contributed by atoms with Crippen molar-refractivity contribution in [3.05, 3.63) is 59.7 Å². The molecule has 27 heavy (non-hydrogen) atoms. The quantitative estimate of drug-likeness (QED) is 0.286. The Morgan fingerprint density at radius 3 is 2.00 bits per heavy atom. The average molecular weight is 369 g/mol. The van der Waals surface area contributed by atoms with E-state index in [9.17, 15) is 4.79 Å². The SMILES string of the molecule is CCCCCCCOc1ccc(C(=O)Oc2ccc(C(C)(C)C)cc2)cc1. The minimum atomic E-state index is -0.357. The van der Waals surface area contributed by atoms with Crippen LogP contribution in [-0.2, 0) is 5.41 Å². The number of unbranched alkanes of at least 4 members (excludes halogenated alkanes) is 4. The van der Waals surface area contributed by atoms with Crippen molar-refractivity contribution in [2.24, 2.45) is 0 Å². The first-order valence-corrected chi connectivity index (χ1v) is 9.96. The molecule has 0 N–H and O–H groups in total. The maximum atomic E-state index is 12.3. The van der Waals surface area contributed by atoms with E-state index in [1.807, 2.05) is 36.4 Å². The Bertz CT molecular complexity index is 694. The molecular weight excluding hydrogens is 336 g/mol. The number of ether oxygens (including phenoxy) is 2. The summed E-state index contributed by atoms with van der Waals surface area (Å²) in [6, 6.07) is 14.8. The van der Waals surface area contributed by atoms with Crippen molar-refractivity contribution < 1.29 is 14.3 Å². The summed E-state index contributed by atoms with van der Waals surface area (Å²) >= 11 is 0. The summed E-state index contributed by atoms with van der Waals surface area (Å²) in [6.07, 6.45) is 6.07. The Morgan fingerprint density at radius 2 is 1.41 bits per heavy atom. The Labute approximate surface area is 163 Å². The topological polar surface area (TPSA) is 35.5 Å². The summed E-state index contributed by atoms with van der Waals surface area (Å²) in [7, 11) is 0. The first-order chi connectivity index (χ1) is 12.9. The van der Waals surface area contributed by atoms with E-state index in [1.165, 1.54) is 31.2 Å². The van der Waals surface area contributed by atoms with Crippen LogP contribution in [0.1, 0.15) is 75.7 Å². The highest BCUT2D eigenvalue weighted by Gasteiger charge is 2.14. The van der Waals surface area contributed by atoms with E-state index in [0.717, 1.165) is 12.2 Å². The van der Waals surface area contributed by atoms with Crippen LogP contribution >= 0.6 is 0 Å². The van der Waals surface area contributed by atoms with Crippen LogP contribution in [0.3, 0.4) is 0 Å². The summed E-state index contributed by atoms with van der Waals surface area (Å²) in [6.45, 7) is 9.40. The van der Waals surface area contributed by atoms with Crippen LogP contribution in [0.25, 0.3) is 0 Å². The van der Waals surface area contributed by atoms with Crippen molar-refractivity contribution in [1.29, 1.82) is 0 Å². The zero-order valence-electron chi connectivity index (χ0n) is 17.1. The van der Waals surface area contributed by atoms with E-state index in [2.05, 4.69) is 27.7 Å². The predicted octanol–water partition coefficient (Wildman–Crippen LogP) is 6.55. The average Bonchev–Trinajstić information content (AvgIpc) is 2.65. The molecule has 2 aromatic rings. The third-order valence-electron chi connectivity index (χ3n) is 4.54. The molecule has 0 aliphatic heterocycles. The highest BCUT2D eigenvalue weighted by molar-refractivity contribution is 5.91. The lowest BCUT2D eigenvalue weighted by atomic mass is 9.87. The van der Waals surface area contributed by atoms with Gasteiger partial charge in [-0.2, -0.15) is 0 Å². The summed E-state index contributed by atoms with van der Waals surface area (Å²) in [4.78, 5) is 12.3. The summed E-state index contributed by atoms with van der Waals surface area (Å²) in [5.74, 6) is 0.988. The number of carbonyl (C=O) groups excluding carboxylic acids is 1. The highest BCUT2D eigenvalue weighted by Crippen LogP contribution is 2.24. The molecule has 0 bridgehead atoms. The Balaban J connectivity index is 1.83. The number of benzene rings is 2. The van der Waals surface area contributed by atoms with Crippen molar-refractivity contribution >= 4 is 5.97 Å². The summed E-state index contributed by atoms with van der Waals surface area (Å²) < 4.78 is 11.2. The molecule has 0 heterocycles. The Morgan fingerprint density at radius 1 is 0.815 bits per heavy atom. The van der Waals surface area contributed by atoms with Crippen LogP contribution in [0.15, 0.2) is 48.5 Å². The number of hydrogen-bond donors (Lipinski definition) is 0. The van der Waals surface area contributed by atoms with Gasteiger partial charge in [-0.3, -0.25) is 0 Å². The zero-order chi connectivity index (χ0) is 19.7. The number of hydrogen-bond acceptors (Lipinski definition) is 3. The van der Waals surface area contributed by atoms with E-state index in [1.54, 1.807) is 12.1 Å². The van der Waals surface area contributed by atoms with Gasteiger partial charge in [0.05, 0.1) is 12.2 Å². The van der Waals surface area contributed by atoms with Crippen LogP contribution in [-0.4, -0.2) is 12.6 Å². The Kier molecular flexibility index (Phi) is 7.90. The van der Waals surface area contributed by atoms with Crippen molar-refractivity contribution in [1.82, 2.24) is 0 Å². The van der Waals surface area contributed by atoms with E-state index in [4.69, 9.17) is 9.47 Å². The van der Waals surface area contributed by atoms with Gasteiger partial charge in [-0.05, 0) is 53.8 Å². The van der Waals surface area contributed by atoms with E-state index < -0.39 is 0 Å². The number of rotatable bonds is 9. The monoisotopic (exact) mass is 368 g/mol. The molecule has 146 valence electrons. The first-order valence-electron chi connectivity index (χ1n) is 9.96. The second-order valence-electron chi connectivity index (χ2n) is 7.95. The van der Waals surface area contributed by atoms with E-state index in [-0.39, 0.29) is 11.4 Å². The molecule has 0 spiro atoms. The number of esters is 1. The summed E-state index contributed by atoms with van der Waals surface area (Å²) in [5, 5.41) is 0. The van der Waals surface area contributed by atoms with Gasteiger partial charge in [0.15, 0.2) is 0 Å². The van der Waals surface area contributed by atoms with Crippen molar-refractivity contribution in [2.75, 3.05) is 6.61 Å². The molecule has 0 aromatic heterocycles. The molecule has 0 saturated carbocycles. The minimum absolute atomic E-state index is 0.0777. The van der Waals surface area contributed by atoms with Crippen LogP contribution in [0.4, 0.5) is 0 Å².